The molecule has 0 aromatic carbocycles. The fourth-order valence-electron chi connectivity index (χ4n) is 5.55. The lowest BCUT2D eigenvalue weighted by Gasteiger charge is -2.40. The van der Waals surface area contributed by atoms with Gasteiger partial charge in [0.05, 0.1) is 25.2 Å². The Morgan fingerprint density at radius 1 is 1.15 bits per heavy atom. The van der Waals surface area contributed by atoms with E-state index >= 15 is 0 Å². The molecule has 3 rings (SSSR count). The molecule has 11 nitrogen and oxygen atoms in total. The van der Waals surface area contributed by atoms with E-state index in [2.05, 4.69) is 17.2 Å². The maximum absolute atomic E-state index is 14.1. The molecule has 0 aliphatic carbocycles. The number of aryl methyl sites for hydroxylation is 1. The summed E-state index contributed by atoms with van der Waals surface area (Å²) in [5, 5.41) is 13.5. The van der Waals surface area contributed by atoms with Crippen molar-refractivity contribution in [3.63, 3.8) is 0 Å². The Morgan fingerprint density at radius 3 is 2.50 bits per heavy atom. The zero-order valence-electron chi connectivity index (χ0n) is 24.4. The van der Waals surface area contributed by atoms with Crippen LogP contribution in [0, 0.1) is 11.8 Å². The molecule has 0 spiro atoms. The number of morpholine rings is 1. The molecule has 3 heterocycles. The number of methoxy groups -OCH3 is 1. The number of aromatic nitrogens is 2. The molecule has 2 aliphatic rings. The van der Waals surface area contributed by atoms with Crippen LogP contribution in [0.25, 0.3) is 0 Å². The third-order valence-electron chi connectivity index (χ3n) is 7.73. The van der Waals surface area contributed by atoms with Crippen LogP contribution in [0.2, 0.25) is 5.15 Å². The number of piperidine rings is 1. The van der Waals surface area contributed by atoms with Crippen LogP contribution in [0.3, 0.4) is 0 Å². The fourth-order valence-corrected chi connectivity index (χ4v) is 5.85. The van der Waals surface area contributed by atoms with Crippen molar-refractivity contribution in [3.05, 3.63) is 16.7 Å². The number of nitrogens with zero attached hydrogens (tertiary/aromatic N) is 4. The SMILES string of the molecule is CCCCc1nc(Cl)c(C(=O)C(N[C@H]2C[C@@H](C(=O)N3CCOCC3)CN(C(=O)O)C2)C(C)C)n1CCCCOC. The highest BCUT2D eigenvalue weighted by Gasteiger charge is 2.39. The van der Waals surface area contributed by atoms with Gasteiger partial charge in [0, 0.05) is 58.9 Å². The molecule has 2 aliphatic heterocycles. The molecule has 40 heavy (non-hydrogen) atoms. The molecule has 12 heteroatoms. The first-order valence-corrected chi connectivity index (χ1v) is 14.9. The number of carbonyl (C=O) groups excluding carboxylic acids is 2. The normalized spacial score (nSPS) is 20.6. The van der Waals surface area contributed by atoms with Gasteiger partial charge in [0.15, 0.2) is 10.9 Å². The predicted molar refractivity (Wildman–Crippen MR) is 152 cm³/mol. The van der Waals surface area contributed by atoms with Crippen LogP contribution >= 0.6 is 11.6 Å². The molecule has 2 saturated heterocycles. The Labute approximate surface area is 242 Å². The number of hydrogen-bond acceptors (Lipinski definition) is 7. The number of imidazole rings is 1. The van der Waals surface area contributed by atoms with E-state index in [9.17, 15) is 19.5 Å². The van der Waals surface area contributed by atoms with E-state index in [1.54, 1.807) is 12.0 Å². The second-order valence-corrected chi connectivity index (χ2v) is 11.5. The molecule has 3 atom stereocenters. The van der Waals surface area contributed by atoms with Gasteiger partial charge in [-0.15, -0.1) is 0 Å². The molecule has 1 unspecified atom stereocenters. The number of amides is 2. The van der Waals surface area contributed by atoms with Crippen LogP contribution in [-0.2, 0) is 27.2 Å². The highest BCUT2D eigenvalue weighted by Crippen LogP contribution is 2.26. The van der Waals surface area contributed by atoms with Crippen molar-refractivity contribution in [2.24, 2.45) is 11.8 Å². The van der Waals surface area contributed by atoms with Gasteiger partial charge in [0.25, 0.3) is 0 Å². The molecular weight excluding hydrogens is 538 g/mol. The number of Topliss-reactive ketones (excluding diaryl/α,β-unsaturated/α-hetero) is 1. The van der Waals surface area contributed by atoms with Crippen LogP contribution in [0.4, 0.5) is 4.79 Å². The number of rotatable bonds is 14. The highest BCUT2D eigenvalue weighted by molar-refractivity contribution is 6.32. The highest BCUT2D eigenvalue weighted by atomic mass is 35.5. The summed E-state index contributed by atoms with van der Waals surface area (Å²) in [4.78, 5) is 47.0. The first-order valence-electron chi connectivity index (χ1n) is 14.6. The second kappa shape index (κ2) is 15.7. The van der Waals surface area contributed by atoms with E-state index in [1.807, 2.05) is 18.4 Å². The lowest BCUT2D eigenvalue weighted by Crippen LogP contribution is -2.58. The number of nitrogens with one attached hydrogen (secondary N) is 1. The van der Waals surface area contributed by atoms with Gasteiger partial charge in [-0.1, -0.05) is 38.8 Å². The van der Waals surface area contributed by atoms with Gasteiger partial charge in [-0.25, -0.2) is 9.78 Å². The summed E-state index contributed by atoms with van der Waals surface area (Å²) in [7, 11) is 1.67. The monoisotopic (exact) mass is 583 g/mol. The molecule has 2 amide bonds. The second-order valence-electron chi connectivity index (χ2n) is 11.1. The van der Waals surface area contributed by atoms with Crippen LogP contribution < -0.4 is 5.32 Å². The quantitative estimate of drug-likeness (QED) is 0.252. The first kappa shape index (κ1) is 32.3. The third kappa shape index (κ3) is 8.41. The molecule has 0 bridgehead atoms. The van der Waals surface area contributed by atoms with Crippen molar-refractivity contribution in [2.75, 3.05) is 53.1 Å². The number of ether oxygens (including phenoxy) is 2. The minimum atomic E-state index is -1.07. The molecular formula is C28H46ClN5O6. The summed E-state index contributed by atoms with van der Waals surface area (Å²) in [6.45, 7) is 9.57. The zero-order chi connectivity index (χ0) is 29.2. The fraction of sp³-hybridized carbons (Fsp3) is 0.786. The number of likely N-dealkylation sites (tertiary alicyclic amines) is 1. The van der Waals surface area contributed by atoms with Gasteiger partial charge in [0.1, 0.15) is 11.5 Å². The van der Waals surface area contributed by atoms with Crippen molar-refractivity contribution in [1.29, 1.82) is 0 Å². The largest absolute Gasteiger partial charge is 0.465 e. The van der Waals surface area contributed by atoms with Crippen LogP contribution in [-0.4, -0.2) is 107 Å². The minimum absolute atomic E-state index is 0.0637. The molecule has 2 N–H and O–H groups in total. The first-order chi connectivity index (χ1) is 19.2. The van der Waals surface area contributed by atoms with Gasteiger partial charge < -0.3 is 34.3 Å². The van der Waals surface area contributed by atoms with Crippen molar-refractivity contribution in [3.8, 4) is 0 Å². The summed E-state index contributed by atoms with van der Waals surface area (Å²) in [6.07, 6.45) is 3.72. The van der Waals surface area contributed by atoms with Crippen molar-refractivity contribution < 1.29 is 29.0 Å². The summed E-state index contributed by atoms with van der Waals surface area (Å²) >= 11 is 6.62. The number of ketones is 1. The van der Waals surface area contributed by atoms with Crippen molar-refractivity contribution in [2.45, 2.75) is 77.9 Å². The average molecular weight is 584 g/mol. The summed E-state index contributed by atoms with van der Waals surface area (Å²) in [5.41, 5.74) is 0.392. The summed E-state index contributed by atoms with van der Waals surface area (Å²) in [6, 6.07) is -0.989. The number of carbonyl (C=O) groups is 3. The Hall–Kier alpha value is -2.21. The van der Waals surface area contributed by atoms with Gasteiger partial charge >= 0.3 is 6.09 Å². The maximum atomic E-state index is 14.1. The molecule has 1 aromatic heterocycles. The van der Waals surface area contributed by atoms with Gasteiger partial charge in [-0.05, 0) is 31.6 Å². The Bertz CT molecular complexity index is 996. The van der Waals surface area contributed by atoms with E-state index in [-0.39, 0.29) is 41.9 Å². The Morgan fingerprint density at radius 2 is 1.88 bits per heavy atom. The lowest BCUT2D eigenvalue weighted by atomic mass is 9.90. The summed E-state index contributed by atoms with van der Waals surface area (Å²) in [5.74, 6) is -0.00950. The van der Waals surface area contributed by atoms with Gasteiger partial charge in [-0.2, -0.15) is 0 Å². The number of unbranched alkanes of at least 4 members (excludes halogenated alkanes) is 2. The van der Waals surface area contributed by atoms with Crippen molar-refractivity contribution >= 4 is 29.4 Å². The van der Waals surface area contributed by atoms with Crippen LogP contribution in [0.5, 0.6) is 0 Å². The standard InChI is InChI=1S/C28H46ClN5O6/c1-5-6-9-22-31-26(29)24(34(22)10-7-8-13-39-4)25(35)23(19(2)3)30-21-16-20(17-33(18-21)28(37)38)27(36)32-11-14-40-15-12-32/h19-21,23,30H,5-18H2,1-4H3,(H,37,38)/t20-,21+,23?/m1/s1. The number of halogens is 1. The topological polar surface area (TPSA) is 126 Å². The molecule has 0 radical (unpaired) electrons. The molecule has 0 saturated carbocycles. The molecule has 1 aromatic rings. The lowest BCUT2D eigenvalue weighted by molar-refractivity contribution is -0.141. The van der Waals surface area contributed by atoms with E-state index in [0.29, 0.717) is 51.6 Å². The van der Waals surface area contributed by atoms with Crippen molar-refractivity contribution in [1.82, 2.24) is 24.7 Å². The number of carboxylic acid groups (broad SMARTS) is 1. The zero-order valence-corrected chi connectivity index (χ0v) is 25.1. The molecule has 226 valence electrons. The Balaban J connectivity index is 1.83. The minimum Gasteiger partial charge on any atom is -0.465 e. The maximum Gasteiger partial charge on any atom is 0.407 e. The average Bonchev–Trinajstić information content (AvgIpc) is 3.26. The van der Waals surface area contributed by atoms with Crippen LogP contribution in [0.1, 0.15) is 69.2 Å². The predicted octanol–water partition coefficient (Wildman–Crippen LogP) is 3.33. The smallest absolute Gasteiger partial charge is 0.407 e. The summed E-state index contributed by atoms with van der Waals surface area (Å²) < 4.78 is 12.5. The third-order valence-corrected chi connectivity index (χ3v) is 7.99. The van der Waals surface area contributed by atoms with Gasteiger partial charge in [0.2, 0.25) is 5.91 Å². The van der Waals surface area contributed by atoms with E-state index in [4.69, 9.17) is 21.1 Å². The van der Waals surface area contributed by atoms with Crippen LogP contribution in [0.15, 0.2) is 0 Å². The van der Waals surface area contributed by atoms with E-state index in [1.165, 1.54) is 4.90 Å². The Kier molecular flexibility index (Phi) is 12.7. The van der Waals surface area contributed by atoms with Gasteiger partial charge in [-0.3, -0.25) is 9.59 Å². The van der Waals surface area contributed by atoms with E-state index in [0.717, 1.165) is 37.9 Å². The van der Waals surface area contributed by atoms with E-state index < -0.39 is 18.1 Å². The molecule has 2 fully saturated rings. The number of hydrogen-bond donors (Lipinski definition) is 2.